The van der Waals surface area contributed by atoms with E-state index >= 15 is 0 Å². The van der Waals surface area contributed by atoms with Crippen LogP contribution in [-0.4, -0.2) is 19.5 Å². The van der Waals surface area contributed by atoms with Crippen molar-refractivity contribution in [2.45, 2.75) is 32.6 Å². The summed E-state index contributed by atoms with van der Waals surface area (Å²) in [7, 11) is 1.72. The maximum atomic E-state index is 11.1. The number of hydrogen-bond donors (Lipinski definition) is 0. The van der Waals surface area contributed by atoms with Crippen molar-refractivity contribution in [1.29, 1.82) is 0 Å². The smallest absolute Gasteiger partial charge is 0.155 e. The summed E-state index contributed by atoms with van der Waals surface area (Å²) in [4.78, 5) is 11.1. The molecule has 0 saturated carbocycles. The second kappa shape index (κ2) is 5.18. The van der Waals surface area contributed by atoms with Crippen molar-refractivity contribution < 1.29 is 9.53 Å². The SMILES string of the molecule is COCCC(C)C1=CC(=O)CCC1. The molecule has 0 saturated heterocycles. The standard InChI is InChI=1S/C11H18O2/c1-9(6-7-13-2)10-4-3-5-11(12)8-10/h8-9H,3-7H2,1-2H3. The molecule has 0 N–H and O–H groups in total. The van der Waals surface area contributed by atoms with Gasteiger partial charge in [-0.2, -0.15) is 0 Å². The predicted octanol–water partition coefficient (Wildman–Crippen LogP) is 2.34. The Hall–Kier alpha value is -0.630. The van der Waals surface area contributed by atoms with Crippen LogP contribution >= 0.6 is 0 Å². The number of rotatable bonds is 4. The summed E-state index contributed by atoms with van der Waals surface area (Å²) in [6, 6.07) is 0. The molecule has 2 nitrogen and oxygen atoms in total. The van der Waals surface area contributed by atoms with Crippen molar-refractivity contribution in [1.82, 2.24) is 0 Å². The predicted molar refractivity (Wildman–Crippen MR) is 52.6 cm³/mol. The van der Waals surface area contributed by atoms with Gasteiger partial charge in [-0.05, 0) is 31.3 Å². The summed E-state index contributed by atoms with van der Waals surface area (Å²) in [6.45, 7) is 2.95. The first-order valence-electron chi connectivity index (χ1n) is 4.96. The van der Waals surface area contributed by atoms with Gasteiger partial charge < -0.3 is 4.74 Å². The summed E-state index contributed by atoms with van der Waals surface area (Å²) < 4.78 is 5.02. The zero-order chi connectivity index (χ0) is 9.68. The van der Waals surface area contributed by atoms with E-state index in [4.69, 9.17) is 4.74 Å². The van der Waals surface area contributed by atoms with E-state index in [1.807, 2.05) is 6.08 Å². The first kappa shape index (κ1) is 10.5. The Morgan fingerprint density at radius 2 is 2.31 bits per heavy atom. The van der Waals surface area contributed by atoms with Gasteiger partial charge in [0.1, 0.15) is 0 Å². The number of allylic oxidation sites excluding steroid dienone is 2. The van der Waals surface area contributed by atoms with E-state index < -0.39 is 0 Å². The highest BCUT2D eigenvalue weighted by Crippen LogP contribution is 2.24. The second-order valence-corrected chi connectivity index (χ2v) is 3.72. The van der Waals surface area contributed by atoms with Gasteiger partial charge in [-0.3, -0.25) is 4.79 Å². The summed E-state index contributed by atoms with van der Waals surface area (Å²) in [5.74, 6) is 0.801. The molecule has 0 amide bonds. The number of hydrogen-bond acceptors (Lipinski definition) is 2. The highest BCUT2D eigenvalue weighted by molar-refractivity contribution is 5.91. The van der Waals surface area contributed by atoms with Gasteiger partial charge in [0.15, 0.2) is 5.78 Å². The van der Waals surface area contributed by atoms with Gasteiger partial charge in [0.05, 0.1) is 0 Å². The molecule has 0 aromatic rings. The Kier molecular flexibility index (Phi) is 4.16. The van der Waals surface area contributed by atoms with E-state index in [2.05, 4.69) is 6.92 Å². The third kappa shape index (κ3) is 3.31. The molecule has 1 aliphatic carbocycles. The topological polar surface area (TPSA) is 26.3 Å². The minimum Gasteiger partial charge on any atom is -0.385 e. The van der Waals surface area contributed by atoms with Crippen LogP contribution in [0.2, 0.25) is 0 Å². The lowest BCUT2D eigenvalue weighted by molar-refractivity contribution is -0.115. The van der Waals surface area contributed by atoms with E-state index in [1.54, 1.807) is 7.11 Å². The summed E-state index contributed by atoms with van der Waals surface area (Å²) in [5, 5.41) is 0. The molecule has 0 aliphatic heterocycles. The van der Waals surface area contributed by atoms with E-state index in [1.165, 1.54) is 5.57 Å². The molecule has 0 fully saturated rings. The molecule has 0 bridgehead atoms. The van der Waals surface area contributed by atoms with Crippen LogP contribution in [0.3, 0.4) is 0 Å². The van der Waals surface area contributed by atoms with Crippen LogP contribution in [0.5, 0.6) is 0 Å². The van der Waals surface area contributed by atoms with Gasteiger partial charge in [0.2, 0.25) is 0 Å². The van der Waals surface area contributed by atoms with E-state index in [0.29, 0.717) is 11.7 Å². The number of carbonyl (C=O) groups is 1. The fraction of sp³-hybridized carbons (Fsp3) is 0.727. The second-order valence-electron chi connectivity index (χ2n) is 3.72. The molecular formula is C11H18O2. The van der Waals surface area contributed by atoms with Crippen LogP contribution in [0.15, 0.2) is 11.6 Å². The summed E-state index contributed by atoms with van der Waals surface area (Å²) in [6.07, 6.45) is 5.72. The van der Waals surface area contributed by atoms with Gasteiger partial charge >= 0.3 is 0 Å². The third-order valence-electron chi connectivity index (χ3n) is 2.62. The van der Waals surface area contributed by atoms with Gasteiger partial charge in [-0.25, -0.2) is 0 Å². The molecule has 1 atom stereocenters. The Morgan fingerprint density at radius 1 is 1.54 bits per heavy atom. The first-order chi connectivity index (χ1) is 6.24. The monoisotopic (exact) mass is 182 g/mol. The minimum atomic E-state index is 0.297. The minimum absolute atomic E-state index is 0.297. The average Bonchev–Trinajstić information content (AvgIpc) is 2.14. The molecular weight excluding hydrogens is 164 g/mol. The Bertz CT molecular complexity index is 206. The molecule has 0 radical (unpaired) electrons. The van der Waals surface area contributed by atoms with Gasteiger partial charge in [0, 0.05) is 20.1 Å². The largest absolute Gasteiger partial charge is 0.385 e. The lowest BCUT2D eigenvalue weighted by atomic mass is 9.88. The van der Waals surface area contributed by atoms with Crippen LogP contribution in [0.1, 0.15) is 32.6 Å². The van der Waals surface area contributed by atoms with Gasteiger partial charge in [-0.15, -0.1) is 0 Å². The van der Waals surface area contributed by atoms with Crippen LogP contribution < -0.4 is 0 Å². The third-order valence-corrected chi connectivity index (χ3v) is 2.62. The van der Waals surface area contributed by atoms with Crippen molar-refractivity contribution in [2.24, 2.45) is 5.92 Å². The highest BCUT2D eigenvalue weighted by Gasteiger charge is 2.14. The van der Waals surface area contributed by atoms with Crippen molar-refractivity contribution in [3.63, 3.8) is 0 Å². The zero-order valence-corrected chi connectivity index (χ0v) is 8.51. The number of methoxy groups -OCH3 is 1. The zero-order valence-electron chi connectivity index (χ0n) is 8.51. The fourth-order valence-electron chi connectivity index (χ4n) is 1.69. The molecule has 74 valence electrons. The maximum Gasteiger partial charge on any atom is 0.155 e. The normalized spacial score (nSPS) is 19.8. The molecule has 0 aromatic heterocycles. The summed E-state index contributed by atoms with van der Waals surface area (Å²) in [5.41, 5.74) is 1.31. The lowest BCUT2D eigenvalue weighted by Gasteiger charge is -2.18. The molecule has 13 heavy (non-hydrogen) atoms. The van der Waals surface area contributed by atoms with Crippen molar-refractivity contribution in [2.75, 3.05) is 13.7 Å². The quantitative estimate of drug-likeness (QED) is 0.667. The Balaban J connectivity index is 2.45. The number of carbonyl (C=O) groups excluding carboxylic acids is 1. The fourth-order valence-corrected chi connectivity index (χ4v) is 1.69. The molecule has 1 rings (SSSR count). The van der Waals surface area contributed by atoms with Crippen LogP contribution in [-0.2, 0) is 9.53 Å². The van der Waals surface area contributed by atoms with Gasteiger partial charge in [-0.1, -0.05) is 12.5 Å². The van der Waals surface area contributed by atoms with Crippen molar-refractivity contribution >= 4 is 5.78 Å². The van der Waals surface area contributed by atoms with Crippen molar-refractivity contribution in [3.8, 4) is 0 Å². The van der Waals surface area contributed by atoms with Gasteiger partial charge in [0.25, 0.3) is 0 Å². The summed E-state index contributed by atoms with van der Waals surface area (Å²) >= 11 is 0. The molecule has 2 heteroatoms. The van der Waals surface area contributed by atoms with E-state index in [-0.39, 0.29) is 0 Å². The van der Waals surface area contributed by atoms with Crippen LogP contribution in [0.25, 0.3) is 0 Å². The highest BCUT2D eigenvalue weighted by atomic mass is 16.5. The average molecular weight is 182 g/mol. The maximum absolute atomic E-state index is 11.1. The lowest BCUT2D eigenvalue weighted by Crippen LogP contribution is -2.10. The number of ketones is 1. The van der Waals surface area contributed by atoms with E-state index in [9.17, 15) is 4.79 Å². The molecule has 0 heterocycles. The van der Waals surface area contributed by atoms with Crippen LogP contribution in [0.4, 0.5) is 0 Å². The van der Waals surface area contributed by atoms with Crippen molar-refractivity contribution in [3.05, 3.63) is 11.6 Å². The Labute approximate surface area is 80.0 Å². The van der Waals surface area contributed by atoms with E-state index in [0.717, 1.165) is 32.3 Å². The molecule has 1 unspecified atom stereocenters. The molecule has 0 spiro atoms. The molecule has 0 aromatic carbocycles. The number of ether oxygens (including phenoxy) is 1. The van der Waals surface area contributed by atoms with Crippen LogP contribution in [0, 0.1) is 5.92 Å². The molecule has 1 aliphatic rings. The first-order valence-corrected chi connectivity index (χ1v) is 4.96. The Morgan fingerprint density at radius 3 is 2.92 bits per heavy atom.